The van der Waals surface area contributed by atoms with Crippen molar-refractivity contribution < 1.29 is 9.90 Å². The van der Waals surface area contributed by atoms with Gasteiger partial charge in [-0.2, -0.15) is 0 Å². The molecule has 0 aromatic heterocycles. The summed E-state index contributed by atoms with van der Waals surface area (Å²) in [6.07, 6.45) is 5.41. The minimum absolute atomic E-state index is 0.298. The number of benzene rings is 1. The third kappa shape index (κ3) is 2.19. The first kappa shape index (κ1) is 10.5. The van der Waals surface area contributed by atoms with E-state index in [2.05, 4.69) is 15.9 Å². The van der Waals surface area contributed by atoms with Gasteiger partial charge in [-0.1, -0.05) is 0 Å². The molecule has 4 heteroatoms. The van der Waals surface area contributed by atoms with E-state index in [1.165, 1.54) is 0 Å². The number of rotatable bonds is 1. The number of hydrogen-bond donors (Lipinski definition) is 1. The molecule has 13 heavy (non-hydrogen) atoms. The first-order chi connectivity index (χ1) is 6.06. The van der Waals surface area contributed by atoms with Gasteiger partial charge in [0.2, 0.25) is 0 Å². The summed E-state index contributed by atoms with van der Waals surface area (Å²) in [6, 6.07) is 3.48. The zero-order chi connectivity index (χ0) is 10.0. The van der Waals surface area contributed by atoms with Crippen LogP contribution in [0.5, 0.6) is 0 Å². The fraction of sp³-hybridized carbons (Fsp3) is 0.111. The summed E-state index contributed by atoms with van der Waals surface area (Å²) in [5.41, 5.74) is 1.02. The van der Waals surface area contributed by atoms with E-state index in [0.29, 0.717) is 18.9 Å². The Morgan fingerprint density at radius 2 is 2.23 bits per heavy atom. The molecule has 1 aromatic rings. The number of carboxylic acid groups (broad SMARTS) is 1. The molecule has 0 saturated carbocycles. The van der Waals surface area contributed by atoms with Gasteiger partial charge in [-0.25, -0.2) is 0 Å². The average Bonchev–Trinajstić information content (AvgIpc) is 2.01. The number of aryl methyl sites for hydroxylation is 1. The van der Waals surface area contributed by atoms with E-state index in [0.717, 1.165) is 10.0 Å². The maximum absolute atomic E-state index is 10.8. The molecule has 2 nitrogen and oxygen atoms in total. The second-order valence-electron chi connectivity index (χ2n) is 2.55. The molecule has 0 spiro atoms. The summed E-state index contributed by atoms with van der Waals surface area (Å²) in [4.78, 5) is 10.8. The molecule has 0 aliphatic heterocycles. The molecule has 0 heterocycles. The zero-order valence-electron chi connectivity index (χ0n) is 6.91. The van der Waals surface area contributed by atoms with E-state index < -0.39 is 5.97 Å². The topological polar surface area (TPSA) is 37.3 Å². The van der Waals surface area contributed by atoms with Gasteiger partial charge in [-0.15, -0.1) is 0 Å². The third-order valence-electron chi connectivity index (χ3n) is 1.63. The van der Waals surface area contributed by atoms with Crippen LogP contribution in [0, 0.1) is 13.1 Å². The molecule has 1 aromatic carbocycles. The Balaban J connectivity index is 3.50. The number of halogens is 1. The van der Waals surface area contributed by atoms with Crippen LogP contribution in [0.2, 0.25) is 0 Å². The molecule has 0 atom stereocenters. The van der Waals surface area contributed by atoms with E-state index in [1.807, 2.05) is 0 Å². The van der Waals surface area contributed by atoms with Crippen LogP contribution in [0.25, 0.3) is 0 Å². The molecule has 0 saturated heterocycles. The van der Waals surface area contributed by atoms with Gasteiger partial charge in [-0.3, -0.25) is 0 Å². The van der Waals surface area contributed by atoms with Gasteiger partial charge in [-0.05, 0) is 0 Å². The van der Waals surface area contributed by atoms with Gasteiger partial charge in [0.15, 0.2) is 0 Å². The van der Waals surface area contributed by atoms with Crippen LogP contribution in [0.3, 0.4) is 0 Å². The van der Waals surface area contributed by atoms with Gasteiger partial charge in [0.1, 0.15) is 0 Å². The predicted molar refractivity (Wildman–Crippen MR) is 57.3 cm³/mol. The molecule has 0 radical (unpaired) electrons. The second-order valence-corrected chi connectivity index (χ2v) is 4.21. The molecule has 1 rings (SSSR count). The Bertz CT molecular complexity index is 407. The van der Waals surface area contributed by atoms with Crippen molar-refractivity contribution in [2.24, 2.45) is 0 Å². The first-order valence-corrected chi connectivity index (χ1v) is 5.26. The van der Waals surface area contributed by atoms with Crippen molar-refractivity contribution in [1.82, 2.24) is 0 Å². The first-order valence-electron chi connectivity index (χ1n) is 3.50. The van der Waals surface area contributed by atoms with Crippen LogP contribution < -0.4 is 5.30 Å². The molecule has 1 N–H and O–H groups in total. The van der Waals surface area contributed by atoms with E-state index in [9.17, 15) is 4.79 Å². The van der Waals surface area contributed by atoms with Crippen LogP contribution >= 0.6 is 24.0 Å². The molecule has 0 amide bonds. The normalized spacial score (nSPS) is 9.62. The summed E-state index contributed by atoms with van der Waals surface area (Å²) in [7, 11) is 0.472. The zero-order valence-corrected chi connectivity index (χ0v) is 9.39. The molecule has 0 aliphatic rings. The van der Waals surface area contributed by atoms with Gasteiger partial charge in [0.25, 0.3) is 0 Å². The standard InChI is InChI=1S/C9H6BrO2P/c1-5-3-6(10)4-7(13-2)8(5)9(11)12/h2-4H,1H3/p+1. The molecule has 0 bridgehead atoms. The maximum atomic E-state index is 10.8. The molecule has 0 fully saturated rings. The number of aromatic carboxylic acids is 1. The predicted octanol–water partition coefficient (Wildman–Crippen LogP) is 2.62. The Kier molecular flexibility index (Phi) is 3.27. The van der Waals surface area contributed by atoms with E-state index in [-0.39, 0.29) is 0 Å². The fourth-order valence-corrected chi connectivity index (χ4v) is 2.47. The van der Waals surface area contributed by atoms with E-state index in [1.54, 1.807) is 19.1 Å². The Hall–Kier alpha value is -0.620. The summed E-state index contributed by atoms with van der Waals surface area (Å²) in [6.45, 7) is 1.75. The third-order valence-corrected chi connectivity index (χ3v) is 2.72. The van der Waals surface area contributed by atoms with E-state index >= 15 is 0 Å². The van der Waals surface area contributed by atoms with Crippen molar-refractivity contribution in [2.75, 3.05) is 0 Å². The van der Waals surface area contributed by atoms with Crippen LogP contribution in [-0.4, -0.2) is 11.1 Å². The van der Waals surface area contributed by atoms with Crippen molar-refractivity contribution in [3.63, 3.8) is 0 Å². The molecule has 0 aliphatic carbocycles. The fourth-order valence-electron chi connectivity index (χ4n) is 1.11. The van der Waals surface area contributed by atoms with E-state index in [4.69, 9.17) is 11.2 Å². The summed E-state index contributed by atoms with van der Waals surface area (Å²) < 4.78 is 0.850. The summed E-state index contributed by atoms with van der Waals surface area (Å²) in [5, 5.41) is 9.52. The van der Waals surface area contributed by atoms with Crippen LogP contribution in [-0.2, 0) is 0 Å². The van der Waals surface area contributed by atoms with Crippen LogP contribution in [0.1, 0.15) is 15.9 Å². The quantitative estimate of drug-likeness (QED) is 0.786. The molecular formula is C9H7BrO2P+. The Morgan fingerprint density at radius 3 is 2.69 bits per heavy atom. The van der Waals surface area contributed by atoms with Crippen LogP contribution in [0.15, 0.2) is 16.6 Å². The minimum atomic E-state index is -0.932. The van der Waals surface area contributed by atoms with Crippen molar-refractivity contribution in [1.29, 1.82) is 0 Å². The van der Waals surface area contributed by atoms with Gasteiger partial charge in [0.05, 0.1) is 0 Å². The molecule has 0 unspecified atom stereocenters. The van der Waals surface area contributed by atoms with Gasteiger partial charge >= 0.3 is 85.9 Å². The van der Waals surface area contributed by atoms with Crippen molar-refractivity contribution >= 4 is 35.2 Å². The van der Waals surface area contributed by atoms with Gasteiger partial charge in [0, 0.05) is 0 Å². The second kappa shape index (κ2) is 4.06. The molecule has 66 valence electrons. The number of carbonyl (C=O) groups is 1. The SMILES string of the molecule is C#[P+]c1cc(Br)cc(C)c1C(=O)O. The van der Waals surface area contributed by atoms with Gasteiger partial charge < -0.3 is 0 Å². The van der Waals surface area contributed by atoms with Crippen molar-refractivity contribution in [2.45, 2.75) is 6.92 Å². The number of carboxylic acids is 1. The van der Waals surface area contributed by atoms with Crippen molar-refractivity contribution in [3.8, 4) is 6.13 Å². The number of hydrogen-bond acceptors (Lipinski definition) is 1. The Morgan fingerprint density at radius 1 is 1.62 bits per heavy atom. The average molecular weight is 258 g/mol. The monoisotopic (exact) mass is 257 g/mol. The van der Waals surface area contributed by atoms with Crippen molar-refractivity contribution in [3.05, 3.63) is 27.7 Å². The summed E-state index contributed by atoms with van der Waals surface area (Å²) >= 11 is 3.28. The summed E-state index contributed by atoms with van der Waals surface area (Å²) in [5.74, 6) is -0.932. The Labute approximate surface area is 86.2 Å². The van der Waals surface area contributed by atoms with Crippen LogP contribution in [0.4, 0.5) is 0 Å². The molecular weight excluding hydrogens is 251 g/mol.